The number of rotatable bonds is 3. The summed E-state index contributed by atoms with van der Waals surface area (Å²) in [6.07, 6.45) is 5.97. The molecular formula is C19H18FN7O2. The second-order valence-corrected chi connectivity index (χ2v) is 7.41. The first kappa shape index (κ1) is 16.7. The Morgan fingerprint density at radius 1 is 1.24 bits per heavy atom. The van der Waals surface area contributed by atoms with Crippen molar-refractivity contribution < 1.29 is 13.7 Å². The molecule has 1 atom stereocenters. The molecule has 1 unspecified atom stereocenters. The molecule has 29 heavy (non-hydrogen) atoms. The molecule has 1 aliphatic carbocycles. The number of methoxy groups -OCH3 is 1. The van der Waals surface area contributed by atoms with Gasteiger partial charge in [-0.25, -0.2) is 15.0 Å². The summed E-state index contributed by atoms with van der Waals surface area (Å²) in [4.78, 5) is 13.1. The van der Waals surface area contributed by atoms with Gasteiger partial charge in [0.1, 0.15) is 11.9 Å². The summed E-state index contributed by atoms with van der Waals surface area (Å²) in [5.74, 6) is 1.06. The van der Waals surface area contributed by atoms with Gasteiger partial charge in [-0.3, -0.25) is 4.57 Å². The maximum atomic E-state index is 14.5. The van der Waals surface area contributed by atoms with Crippen LogP contribution in [-0.4, -0.2) is 33.1 Å². The van der Waals surface area contributed by atoms with Crippen LogP contribution < -0.4 is 10.0 Å². The summed E-state index contributed by atoms with van der Waals surface area (Å²) < 4.78 is 27.3. The van der Waals surface area contributed by atoms with E-state index in [4.69, 9.17) is 9.26 Å². The third-order valence-electron chi connectivity index (χ3n) is 5.99. The minimum absolute atomic E-state index is 0.252. The molecule has 0 radical (unpaired) electrons. The Morgan fingerprint density at radius 3 is 2.90 bits per heavy atom. The van der Waals surface area contributed by atoms with Crippen molar-refractivity contribution in [2.75, 3.05) is 17.1 Å². The maximum absolute atomic E-state index is 14.5. The standard InChI is InChI=1S/C19H18FN7O2/c1-28-19(8-4-5-9-19)16-23-18(29-24-16)25-11-22-15-12-6-2-3-7-13(12)26-14(27(15)25)10-21-17(26)20/h2-3,6-7,10-11,15H,4-5,8-9H2,1H3. The molecule has 148 valence electrons. The third-order valence-corrected chi connectivity index (χ3v) is 5.99. The van der Waals surface area contributed by atoms with Crippen LogP contribution in [-0.2, 0) is 10.3 Å². The van der Waals surface area contributed by atoms with E-state index in [1.54, 1.807) is 23.5 Å². The zero-order valence-electron chi connectivity index (χ0n) is 15.7. The average Bonchev–Trinajstić information content (AvgIpc) is 3.52. The highest BCUT2D eigenvalue weighted by molar-refractivity contribution is 5.84. The molecule has 1 saturated carbocycles. The first-order valence-electron chi connectivity index (χ1n) is 9.55. The number of aliphatic imine (C=N–C) groups is 1. The van der Waals surface area contributed by atoms with Crippen LogP contribution in [0.4, 0.5) is 16.2 Å². The molecule has 1 fully saturated rings. The number of anilines is 2. The Labute approximate surface area is 165 Å². The smallest absolute Gasteiger partial charge is 0.348 e. The lowest BCUT2D eigenvalue weighted by atomic mass is 10.0. The van der Waals surface area contributed by atoms with Crippen molar-refractivity contribution in [3.05, 3.63) is 47.9 Å². The Morgan fingerprint density at radius 2 is 2.07 bits per heavy atom. The number of fused-ring (bicyclic) bond motifs is 6. The number of imidazole rings is 1. The Kier molecular flexibility index (Phi) is 3.37. The second kappa shape index (κ2) is 5.86. The SMILES string of the molecule is COC1(c2noc(N3C=NC4c5ccccc5-n5c(cnc5F)N43)n2)CCCC1. The highest BCUT2D eigenvalue weighted by Crippen LogP contribution is 2.44. The fourth-order valence-corrected chi connectivity index (χ4v) is 4.53. The van der Waals surface area contributed by atoms with Crippen LogP contribution in [0, 0.1) is 6.08 Å². The van der Waals surface area contributed by atoms with E-state index in [-0.39, 0.29) is 12.2 Å². The van der Waals surface area contributed by atoms with Crippen molar-refractivity contribution in [3.8, 4) is 5.69 Å². The summed E-state index contributed by atoms with van der Waals surface area (Å²) >= 11 is 0. The van der Waals surface area contributed by atoms with Crippen LogP contribution in [0.5, 0.6) is 0 Å². The van der Waals surface area contributed by atoms with Gasteiger partial charge in [-0.05, 0) is 31.7 Å². The number of para-hydroxylation sites is 1. The lowest BCUT2D eigenvalue weighted by Gasteiger charge is -2.35. The van der Waals surface area contributed by atoms with Gasteiger partial charge in [-0.1, -0.05) is 23.4 Å². The zero-order chi connectivity index (χ0) is 19.6. The Hall–Kier alpha value is -3.27. The largest absolute Gasteiger partial charge is 0.370 e. The molecule has 3 aromatic rings. The number of benzene rings is 1. The zero-order valence-corrected chi connectivity index (χ0v) is 15.7. The molecule has 0 N–H and O–H groups in total. The minimum Gasteiger partial charge on any atom is -0.370 e. The highest BCUT2D eigenvalue weighted by Gasteiger charge is 2.44. The Balaban J connectivity index is 1.43. The van der Waals surface area contributed by atoms with Crippen LogP contribution in [0.25, 0.3) is 5.69 Å². The van der Waals surface area contributed by atoms with Crippen LogP contribution in [0.2, 0.25) is 0 Å². The van der Waals surface area contributed by atoms with Crippen molar-refractivity contribution in [3.63, 3.8) is 0 Å². The quantitative estimate of drug-likeness (QED) is 0.674. The number of hydrazine groups is 1. The van der Waals surface area contributed by atoms with Gasteiger partial charge in [0.15, 0.2) is 12.0 Å². The Bertz CT molecular complexity index is 1120. The van der Waals surface area contributed by atoms with Crippen LogP contribution in [0.3, 0.4) is 0 Å². The van der Waals surface area contributed by atoms with Gasteiger partial charge >= 0.3 is 6.01 Å². The minimum atomic E-state index is -0.590. The topological polar surface area (TPSA) is 84.8 Å². The second-order valence-electron chi connectivity index (χ2n) is 7.41. The summed E-state index contributed by atoms with van der Waals surface area (Å²) in [5, 5.41) is 7.63. The molecule has 2 aliphatic heterocycles. The van der Waals surface area contributed by atoms with E-state index >= 15 is 0 Å². The molecule has 9 nitrogen and oxygen atoms in total. The molecule has 4 heterocycles. The van der Waals surface area contributed by atoms with Crippen molar-refractivity contribution in [1.82, 2.24) is 19.7 Å². The molecule has 0 amide bonds. The molecule has 0 saturated heterocycles. The van der Waals surface area contributed by atoms with Crippen LogP contribution >= 0.6 is 0 Å². The molecule has 2 aromatic heterocycles. The number of halogens is 1. The fourth-order valence-electron chi connectivity index (χ4n) is 4.53. The average molecular weight is 395 g/mol. The monoisotopic (exact) mass is 395 g/mol. The molecule has 1 aromatic carbocycles. The first-order valence-corrected chi connectivity index (χ1v) is 9.55. The normalized spacial score (nSPS) is 21.4. The number of aromatic nitrogens is 4. The van der Waals surface area contributed by atoms with Gasteiger partial charge < -0.3 is 9.26 Å². The summed E-state index contributed by atoms with van der Waals surface area (Å²) in [7, 11) is 1.68. The lowest BCUT2D eigenvalue weighted by Crippen LogP contribution is -2.43. The first-order chi connectivity index (χ1) is 14.2. The van der Waals surface area contributed by atoms with Crippen molar-refractivity contribution in [2.45, 2.75) is 37.5 Å². The molecule has 3 aliphatic rings. The van der Waals surface area contributed by atoms with Crippen molar-refractivity contribution in [2.24, 2.45) is 4.99 Å². The van der Waals surface area contributed by atoms with Gasteiger partial charge in [0.25, 0.3) is 6.08 Å². The molecule has 0 bridgehead atoms. The molecule has 6 rings (SSSR count). The fraction of sp³-hybridized carbons (Fsp3) is 0.368. The maximum Gasteiger partial charge on any atom is 0.348 e. The highest BCUT2D eigenvalue weighted by atomic mass is 19.1. The van der Waals surface area contributed by atoms with Gasteiger partial charge in [-0.2, -0.15) is 14.4 Å². The van der Waals surface area contributed by atoms with E-state index < -0.39 is 11.7 Å². The predicted molar refractivity (Wildman–Crippen MR) is 101 cm³/mol. The summed E-state index contributed by atoms with van der Waals surface area (Å²) in [6.45, 7) is 0. The van der Waals surface area contributed by atoms with Crippen LogP contribution in [0.15, 0.2) is 40.0 Å². The van der Waals surface area contributed by atoms with E-state index in [1.165, 1.54) is 10.8 Å². The lowest BCUT2D eigenvalue weighted by molar-refractivity contribution is -0.0178. The van der Waals surface area contributed by atoms with Gasteiger partial charge in [0.2, 0.25) is 5.82 Å². The molecule has 10 heteroatoms. The van der Waals surface area contributed by atoms with Crippen molar-refractivity contribution >= 4 is 18.2 Å². The molecule has 0 spiro atoms. The van der Waals surface area contributed by atoms with E-state index in [0.29, 0.717) is 17.3 Å². The van der Waals surface area contributed by atoms with Gasteiger partial charge in [-0.15, -0.1) is 0 Å². The summed E-state index contributed by atoms with van der Waals surface area (Å²) in [5.41, 5.74) is 1.06. The summed E-state index contributed by atoms with van der Waals surface area (Å²) in [6, 6.07) is 7.80. The van der Waals surface area contributed by atoms with E-state index in [2.05, 4.69) is 20.1 Å². The van der Waals surface area contributed by atoms with E-state index in [9.17, 15) is 4.39 Å². The number of hydrogen-bond acceptors (Lipinski definition) is 8. The number of nitrogens with zero attached hydrogens (tertiary/aromatic N) is 7. The predicted octanol–water partition coefficient (Wildman–Crippen LogP) is 3.09. The number of hydrogen-bond donors (Lipinski definition) is 0. The van der Waals surface area contributed by atoms with Crippen LogP contribution in [0.1, 0.15) is 43.2 Å². The number of ether oxygens (including phenoxy) is 1. The van der Waals surface area contributed by atoms with E-state index in [1.807, 2.05) is 24.3 Å². The van der Waals surface area contributed by atoms with Gasteiger partial charge in [0, 0.05) is 12.7 Å². The molecular weight excluding hydrogens is 377 g/mol. The van der Waals surface area contributed by atoms with Gasteiger partial charge in [0.05, 0.1) is 11.9 Å². The van der Waals surface area contributed by atoms with Crippen molar-refractivity contribution in [1.29, 1.82) is 0 Å². The van der Waals surface area contributed by atoms with E-state index in [0.717, 1.165) is 31.2 Å². The third kappa shape index (κ3) is 2.17.